The van der Waals surface area contributed by atoms with Crippen LogP contribution in [0, 0.1) is 19.8 Å². The van der Waals surface area contributed by atoms with Crippen molar-refractivity contribution >= 4 is 41.7 Å². The van der Waals surface area contributed by atoms with Gasteiger partial charge in [-0.3, -0.25) is 9.89 Å². The number of aliphatic imine (C=N–C) groups is 1. The Morgan fingerprint density at radius 1 is 1.24 bits per heavy atom. The van der Waals surface area contributed by atoms with E-state index in [0.717, 1.165) is 54.7 Å². The molecule has 1 saturated heterocycles. The highest BCUT2D eigenvalue weighted by atomic mass is 127. The Morgan fingerprint density at radius 2 is 2.00 bits per heavy atom. The molecule has 8 heteroatoms. The van der Waals surface area contributed by atoms with Crippen LogP contribution in [0.5, 0.6) is 0 Å². The van der Waals surface area contributed by atoms with Crippen molar-refractivity contribution in [1.82, 2.24) is 20.5 Å². The zero-order valence-corrected chi connectivity index (χ0v) is 21.5. The Labute approximate surface area is 197 Å². The number of thioether (sulfide) groups is 1. The van der Waals surface area contributed by atoms with E-state index < -0.39 is 0 Å². The number of rotatable bonds is 7. The maximum Gasteiger partial charge on any atom is 0.208 e. The number of oxazole rings is 1. The summed E-state index contributed by atoms with van der Waals surface area (Å²) in [6.45, 7) is 10.3. The van der Waals surface area contributed by atoms with Gasteiger partial charge in [0.25, 0.3) is 0 Å². The van der Waals surface area contributed by atoms with Crippen LogP contribution in [0.2, 0.25) is 0 Å². The molecule has 1 aliphatic carbocycles. The third-order valence-corrected chi connectivity index (χ3v) is 7.28. The summed E-state index contributed by atoms with van der Waals surface area (Å²) < 4.78 is 5.73. The lowest BCUT2D eigenvalue weighted by molar-refractivity contribution is 0.164. The number of likely N-dealkylation sites (tertiary alicyclic amines) is 1. The molecule has 1 saturated carbocycles. The fourth-order valence-electron chi connectivity index (χ4n) is 4.23. The van der Waals surface area contributed by atoms with Gasteiger partial charge >= 0.3 is 0 Å². The molecule has 1 aliphatic heterocycles. The van der Waals surface area contributed by atoms with Gasteiger partial charge in [0.1, 0.15) is 5.76 Å². The number of aryl methyl sites for hydroxylation is 2. The number of hydrogen-bond acceptors (Lipinski definition) is 5. The smallest absolute Gasteiger partial charge is 0.208 e. The van der Waals surface area contributed by atoms with E-state index in [1.165, 1.54) is 37.9 Å². The van der Waals surface area contributed by atoms with E-state index in [-0.39, 0.29) is 24.0 Å². The summed E-state index contributed by atoms with van der Waals surface area (Å²) in [4.78, 5) is 11.4. The summed E-state index contributed by atoms with van der Waals surface area (Å²) in [6.07, 6.45) is 6.27. The summed E-state index contributed by atoms with van der Waals surface area (Å²) in [5.74, 6) is 4.69. The summed E-state index contributed by atoms with van der Waals surface area (Å²) in [7, 11) is 1.88. The Bertz CT molecular complexity index is 626. The van der Waals surface area contributed by atoms with E-state index >= 15 is 0 Å². The fourth-order valence-corrected chi connectivity index (χ4v) is 5.38. The SMILES string of the molecule is CCSC1CCC(NC(=NC)NCC2CCN(Cc3nc(C)c(C)o3)CC2)C1.I. The van der Waals surface area contributed by atoms with E-state index in [9.17, 15) is 0 Å². The van der Waals surface area contributed by atoms with Crippen LogP contribution in [0.15, 0.2) is 9.41 Å². The summed E-state index contributed by atoms with van der Waals surface area (Å²) in [5.41, 5.74) is 1.01. The minimum atomic E-state index is 0. The second kappa shape index (κ2) is 12.4. The molecule has 2 N–H and O–H groups in total. The number of nitrogens with zero attached hydrogens (tertiary/aromatic N) is 3. The topological polar surface area (TPSA) is 65.7 Å². The van der Waals surface area contributed by atoms with Crippen molar-refractivity contribution < 1.29 is 4.42 Å². The van der Waals surface area contributed by atoms with Gasteiger partial charge in [0.05, 0.1) is 12.2 Å². The lowest BCUT2D eigenvalue weighted by Crippen LogP contribution is -2.45. The average Bonchev–Trinajstić information content (AvgIpc) is 3.26. The van der Waals surface area contributed by atoms with Gasteiger partial charge in [-0.15, -0.1) is 24.0 Å². The second-order valence-corrected chi connectivity index (χ2v) is 9.73. The Hall–Kier alpha value is -0.480. The maximum absolute atomic E-state index is 5.73. The van der Waals surface area contributed by atoms with Crippen molar-refractivity contribution in [2.45, 2.75) is 70.7 Å². The van der Waals surface area contributed by atoms with Crippen molar-refractivity contribution in [2.75, 3.05) is 32.4 Å². The number of aromatic nitrogens is 1. The van der Waals surface area contributed by atoms with Gasteiger partial charge in [-0.05, 0) is 70.7 Å². The molecule has 29 heavy (non-hydrogen) atoms. The first-order valence-electron chi connectivity index (χ1n) is 10.8. The number of piperidine rings is 1. The number of guanidine groups is 1. The van der Waals surface area contributed by atoms with Gasteiger partial charge in [0.2, 0.25) is 5.89 Å². The lowest BCUT2D eigenvalue weighted by atomic mass is 9.97. The van der Waals surface area contributed by atoms with Crippen LogP contribution in [0.3, 0.4) is 0 Å². The van der Waals surface area contributed by atoms with Crippen LogP contribution in [-0.4, -0.2) is 59.6 Å². The van der Waals surface area contributed by atoms with Crippen molar-refractivity contribution in [1.29, 1.82) is 0 Å². The molecule has 2 heterocycles. The van der Waals surface area contributed by atoms with Crippen molar-refractivity contribution in [3.8, 4) is 0 Å². The van der Waals surface area contributed by atoms with Gasteiger partial charge in [-0.1, -0.05) is 6.92 Å². The molecule has 1 aromatic rings. The molecule has 166 valence electrons. The first-order valence-corrected chi connectivity index (χ1v) is 11.9. The lowest BCUT2D eigenvalue weighted by Gasteiger charge is -2.31. The molecule has 0 bridgehead atoms. The van der Waals surface area contributed by atoms with Crippen LogP contribution in [0.4, 0.5) is 0 Å². The van der Waals surface area contributed by atoms with Gasteiger partial charge in [-0.25, -0.2) is 4.98 Å². The minimum absolute atomic E-state index is 0. The Balaban J connectivity index is 0.00000300. The first-order chi connectivity index (χ1) is 13.6. The molecule has 3 rings (SSSR count). The first kappa shape index (κ1) is 24.8. The summed E-state index contributed by atoms with van der Waals surface area (Å²) >= 11 is 2.10. The highest BCUT2D eigenvalue weighted by Crippen LogP contribution is 2.29. The monoisotopic (exact) mass is 535 g/mol. The molecule has 0 radical (unpaired) electrons. The number of hydrogen-bond donors (Lipinski definition) is 2. The standard InChI is InChI=1S/C21H37N5OS.HI/c1-5-28-19-7-6-18(12-19)25-21(22-4)23-13-17-8-10-26(11-9-17)14-20-24-15(2)16(3)27-20;/h17-19H,5-14H2,1-4H3,(H2,22,23,25);1H. The molecule has 2 unspecified atom stereocenters. The van der Waals surface area contributed by atoms with Crippen LogP contribution >= 0.6 is 35.7 Å². The normalized spacial score (nSPS) is 23.8. The van der Waals surface area contributed by atoms with E-state index in [0.29, 0.717) is 12.0 Å². The van der Waals surface area contributed by atoms with E-state index in [1.807, 2.05) is 20.9 Å². The Morgan fingerprint density at radius 3 is 2.62 bits per heavy atom. The average molecular weight is 536 g/mol. The van der Waals surface area contributed by atoms with Gasteiger partial charge in [-0.2, -0.15) is 11.8 Å². The van der Waals surface area contributed by atoms with E-state index in [1.54, 1.807) is 0 Å². The molecule has 2 aliphatic rings. The fraction of sp³-hybridized carbons (Fsp3) is 0.810. The quantitative estimate of drug-likeness (QED) is 0.313. The highest BCUT2D eigenvalue weighted by molar-refractivity contribution is 14.0. The largest absolute Gasteiger partial charge is 0.444 e. The predicted octanol–water partition coefficient (Wildman–Crippen LogP) is 3.96. The van der Waals surface area contributed by atoms with Gasteiger partial charge in [0.15, 0.2) is 5.96 Å². The van der Waals surface area contributed by atoms with Gasteiger partial charge < -0.3 is 15.1 Å². The predicted molar refractivity (Wildman–Crippen MR) is 133 cm³/mol. The molecular weight excluding hydrogens is 497 g/mol. The molecule has 6 nitrogen and oxygen atoms in total. The second-order valence-electron chi connectivity index (χ2n) is 8.15. The van der Waals surface area contributed by atoms with Crippen LogP contribution in [0.25, 0.3) is 0 Å². The van der Waals surface area contributed by atoms with Crippen molar-refractivity contribution in [3.63, 3.8) is 0 Å². The van der Waals surface area contributed by atoms with Crippen LogP contribution in [0.1, 0.15) is 56.4 Å². The Kier molecular flexibility index (Phi) is 10.6. The van der Waals surface area contributed by atoms with E-state index in [2.05, 4.69) is 44.2 Å². The van der Waals surface area contributed by atoms with Crippen LogP contribution in [-0.2, 0) is 6.54 Å². The van der Waals surface area contributed by atoms with Crippen molar-refractivity contribution in [3.05, 3.63) is 17.3 Å². The van der Waals surface area contributed by atoms with Crippen LogP contribution < -0.4 is 10.6 Å². The molecule has 2 fully saturated rings. The highest BCUT2D eigenvalue weighted by Gasteiger charge is 2.26. The molecule has 0 spiro atoms. The molecular formula is C21H38IN5OS. The number of nitrogens with one attached hydrogen (secondary N) is 2. The van der Waals surface area contributed by atoms with Gasteiger partial charge in [0, 0.05) is 24.9 Å². The molecule has 1 aromatic heterocycles. The summed E-state index contributed by atoms with van der Waals surface area (Å²) in [5, 5.41) is 8.03. The maximum atomic E-state index is 5.73. The third-order valence-electron chi connectivity index (χ3n) is 6.05. The van der Waals surface area contributed by atoms with Crippen molar-refractivity contribution in [2.24, 2.45) is 10.9 Å². The third kappa shape index (κ3) is 7.61. The molecule has 2 atom stereocenters. The van der Waals surface area contributed by atoms with E-state index in [4.69, 9.17) is 4.42 Å². The number of halogens is 1. The minimum Gasteiger partial charge on any atom is -0.444 e. The zero-order valence-electron chi connectivity index (χ0n) is 18.4. The summed E-state index contributed by atoms with van der Waals surface area (Å²) in [6, 6.07) is 0.574. The molecule has 0 aromatic carbocycles. The zero-order chi connectivity index (χ0) is 19.9. The molecule has 0 amide bonds.